The van der Waals surface area contributed by atoms with Crippen LogP contribution in [0.4, 0.5) is 5.69 Å². The molecule has 33 heavy (non-hydrogen) atoms. The Balaban J connectivity index is 1.45. The molecule has 1 amide bonds. The summed E-state index contributed by atoms with van der Waals surface area (Å²) in [6.07, 6.45) is 3.98. The maximum atomic E-state index is 12.7. The van der Waals surface area contributed by atoms with Crippen molar-refractivity contribution in [1.29, 1.82) is 0 Å². The maximum Gasteiger partial charge on any atom is 0.291 e. The number of sulfonamides is 2. The lowest BCUT2D eigenvalue weighted by Gasteiger charge is -2.24. The molecular weight excluding hydrogens is 470 g/mol. The van der Waals surface area contributed by atoms with E-state index in [1.165, 1.54) is 47.0 Å². The molecule has 3 heterocycles. The Labute approximate surface area is 191 Å². The second-order valence-corrected chi connectivity index (χ2v) is 11.1. The van der Waals surface area contributed by atoms with Gasteiger partial charge in [-0.3, -0.25) is 4.79 Å². The lowest BCUT2D eigenvalue weighted by atomic mass is 10.2. The molecule has 0 bridgehead atoms. The van der Waals surface area contributed by atoms with Crippen LogP contribution in [-0.4, -0.2) is 40.1 Å². The number of piperidine rings is 1. The standard InChI is InChI=1S/C21H23N3O7S2/c25-21(19-9-10-20(31-19)33(28,29)24-11-2-1-3-12-24)23-16-6-4-8-18(14-16)32(26,27)22-15-17-7-5-13-30-17/h4-10,13-14,22H,1-3,11-12,15H2,(H,23,25). The van der Waals surface area contributed by atoms with E-state index in [4.69, 9.17) is 8.83 Å². The smallest absolute Gasteiger partial charge is 0.291 e. The molecule has 2 N–H and O–H groups in total. The highest BCUT2D eigenvalue weighted by Crippen LogP contribution is 2.23. The predicted molar refractivity (Wildman–Crippen MR) is 118 cm³/mol. The minimum absolute atomic E-state index is 0.0212. The summed E-state index contributed by atoms with van der Waals surface area (Å²) in [5.41, 5.74) is 0.206. The van der Waals surface area contributed by atoms with Gasteiger partial charge >= 0.3 is 0 Å². The molecule has 3 aromatic rings. The Hall–Kier alpha value is -2.93. The van der Waals surface area contributed by atoms with Gasteiger partial charge in [0.25, 0.3) is 15.9 Å². The first-order valence-electron chi connectivity index (χ1n) is 10.3. The van der Waals surface area contributed by atoms with E-state index in [2.05, 4.69) is 10.0 Å². The molecule has 1 aliphatic heterocycles. The molecule has 0 spiro atoms. The quantitative estimate of drug-likeness (QED) is 0.492. The average Bonchev–Trinajstić information content (AvgIpc) is 3.51. The van der Waals surface area contributed by atoms with Crippen molar-refractivity contribution in [2.24, 2.45) is 0 Å². The van der Waals surface area contributed by atoms with Crippen LogP contribution >= 0.6 is 0 Å². The fourth-order valence-electron chi connectivity index (χ4n) is 3.41. The van der Waals surface area contributed by atoms with Crippen LogP contribution in [-0.2, 0) is 26.6 Å². The van der Waals surface area contributed by atoms with E-state index in [1.54, 1.807) is 12.1 Å². The first-order chi connectivity index (χ1) is 15.8. The Morgan fingerprint density at radius 3 is 2.48 bits per heavy atom. The van der Waals surface area contributed by atoms with E-state index in [1.807, 2.05) is 0 Å². The Morgan fingerprint density at radius 2 is 1.76 bits per heavy atom. The Bertz CT molecular complexity index is 1320. The number of hydrogen-bond acceptors (Lipinski definition) is 7. The van der Waals surface area contributed by atoms with Crippen LogP contribution in [0.5, 0.6) is 0 Å². The summed E-state index contributed by atoms with van der Waals surface area (Å²) in [6.45, 7) is 0.812. The summed E-state index contributed by atoms with van der Waals surface area (Å²) in [7, 11) is -7.66. The van der Waals surface area contributed by atoms with Gasteiger partial charge in [-0.05, 0) is 55.3 Å². The minimum Gasteiger partial charge on any atom is -0.468 e. The molecule has 0 aliphatic carbocycles. The number of furan rings is 2. The molecule has 0 unspecified atom stereocenters. The lowest BCUT2D eigenvalue weighted by molar-refractivity contribution is 0.0991. The van der Waals surface area contributed by atoms with Crippen molar-refractivity contribution in [3.8, 4) is 0 Å². The number of rotatable bonds is 8. The van der Waals surface area contributed by atoms with Crippen LogP contribution in [0.15, 0.2) is 73.6 Å². The van der Waals surface area contributed by atoms with E-state index in [0.717, 1.165) is 19.3 Å². The van der Waals surface area contributed by atoms with Crippen LogP contribution < -0.4 is 10.0 Å². The van der Waals surface area contributed by atoms with Crippen LogP contribution in [0, 0.1) is 0 Å². The summed E-state index contributed by atoms with van der Waals surface area (Å²) in [5, 5.41) is 2.23. The maximum absolute atomic E-state index is 12.7. The minimum atomic E-state index is -3.86. The highest BCUT2D eigenvalue weighted by Gasteiger charge is 2.29. The van der Waals surface area contributed by atoms with E-state index >= 15 is 0 Å². The number of carbonyl (C=O) groups excluding carboxylic acids is 1. The highest BCUT2D eigenvalue weighted by atomic mass is 32.2. The van der Waals surface area contributed by atoms with Gasteiger partial charge in [-0.25, -0.2) is 21.6 Å². The highest BCUT2D eigenvalue weighted by molar-refractivity contribution is 7.89. The largest absolute Gasteiger partial charge is 0.468 e. The number of benzene rings is 1. The van der Waals surface area contributed by atoms with Crippen molar-refractivity contribution in [1.82, 2.24) is 9.03 Å². The number of nitrogens with zero attached hydrogens (tertiary/aromatic N) is 1. The van der Waals surface area contributed by atoms with Gasteiger partial charge in [0, 0.05) is 18.8 Å². The first-order valence-corrected chi connectivity index (χ1v) is 13.2. The molecule has 0 atom stereocenters. The molecular formula is C21H23N3O7S2. The molecule has 0 radical (unpaired) electrons. The molecule has 0 saturated carbocycles. The van der Waals surface area contributed by atoms with Gasteiger partial charge < -0.3 is 14.2 Å². The fourth-order valence-corrected chi connectivity index (χ4v) is 5.88. The molecule has 10 nitrogen and oxygen atoms in total. The van der Waals surface area contributed by atoms with Crippen molar-refractivity contribution in [2.75, 3.05) is 18.4 Å². The van der Waals surface area contributed by atoms with Gasteiger partial charge in [0.15, 0.2) is 5.76 Å². The van der Waals surface area contributed by atoms with E-state index in [-0.39, 0.29) is 28.0 Å². The van der Waals surface area contributed by atoms with Gasteiger partial charge in [0.2, 0.25) is 15.1 Å². The molecule has 1 aromatic carbocycles. The summed E-state index contributed by atoms with van der Waals surface area (Å²) < 4.78 is 64.7. The topological polar surface area (TPSA) is 139 Å². The second-order valence-electron chi connectivity index (χ2n) is 7.47. The van der Waals surface area contributed by atoms with Crippen molar-refractivity contribution < 1.29 is 30.5 Å². The zero-order chi connectivity index (χ0) is 23.5. The molecule has 176 valence electrons. The fraction of sp³-hybridized carbons (Fsp3) is 0.286. The number of nitrogens with one attached hydrogen (secondary N) is 2. The van der Waals surface area contributed by atoms with Gasteiger partial charge in [-0.15, -0.1) is 0 Å². The van der Waals surface area contributed by atoms with E-state index in [9.17, 15) is 21.6 Å². The number of carbonyl (C=O) groups is 1. The third-order valence-electron chi connectivity index (χ3n) is 5.13. The van der Waals surface area contributed by atoms with E-state index in [0.29, 0.717) is 18.8 Å². The molecule has 1 fully saturated rings. The predicted octanol–water partition coefficient (Wildman–Crippen LogP) is 2.78. The SMILES string of the molecule is O=C(Nc1cccc(S(=O)(=O)NCc2ccco2)c1)c1ccc(S(=O)(=O)N2CCCCC2)o1. The van der Waals surface area contributed by atoms with Gasteiger partial charge in [0.05, 0.1) is 17.7 Å². The summed E-state index contributed by atoms with van der Waals surface area (Å²) in [5.74, 6) is -0.445. The third kappa shape index (κ3) is 5.36. The first kappa shape index (κ1) is 23.2. The van der Waals surface area contributed by atoms with Crippen LogP contribution in [0.2, 0.25) is 0 Å². The van der Waals surface area contributed by atoms with Crippen LogP contribution in [0.1, 0.15) is 35.6 Å². The number of hydrogen-bond donors (Lipinski definition) is 2. The van der Waals surface area contributed by atoms with Crippen molar-refractivity contribution >= 4 is 31.6 Å². The monoisotopic (exact) mass is 493 g/mol. The van der Waals surface area contributed by atoms with Crippen molar-refractivity contribution in [2.45, 2.75) is 35.8 Å². The van der Waals surface area contributed by atoms with Gasteiger partial charge in [0.1, 0.15) is 5.76 Å². The lowest BCUT2D eigenvalue weighted by Crippen LogP contribution is -2.35. The summed E-state index contributed by atoms with van der Waals surface area (Å²) in [6, 6.07) is 11.5. The number of anilines is 1. The van der Waals surface area contributed by atoms with Gasteiger partial charge in [-0.1, -0.05) is 12.5 Å². The molecule has 1 saturated heterocycles. The molecule has 2 aromatic heterocycles. The molecule has 12 heteroatoms. The normalized spacial score (nSPS) is 15.4. The molecule has 1 aliphatic rings. The van der Waals surface area contributed by atoms with Gasteiger partial charge in [-0.2, -0.15) is 4.31 Å². The zero-order valence-corrected chi connectivity index (χ0v) is 19.2. The average molecular weight is 494 g/mol. The van der Waals surface area contributed by atoms with Crippen molar-refractivity contribution in [3.05, 3.63) is 66.3 Å². The Morgan fingerprint density at radius 1 is 0.970 bits per heavy atom. The van der Waals surface area contributed by atoms with Crippen LogP contribution in [0.3, 0.4) is 0 Å². The zero-order valence-electron chi connectivity index (χ0n) is 17.6. The van der Waals surface area contributed by atoms with E-state index < -0.39 is 26.0 Å². The van der Waals surface area contributed by atoms with Crippen molar-refractivity contribution in [3.63, 3.8) is 0 Å². The second kappa shape index (κ2) is 9.51. The summed E-state index contributed by atoms with van der Waals surface area (Å²) in [4.78, 5) is 12.5. The third-order valence-corrected chi connectivity index (χ3v) is 8.30. The number of amides is 1. The van der Waals surface area contributed by atoms with Crippen LogP contribution in [0.25, 0.3) is 0 Å². The Kier molecular flexibility index (Phi) is 6.70. The summed E-state index contributed by atoms with van der Waals surface area (Å²) >= 11 is 0. The molecule has 4 rings (SSSR count).